The van der Waals surface area contributed by atoms with E-state index in [1.165, 1.54) is 0 Å². The highest BCUT2D eigenvalue weighted by atomic mass is 35.5. The zero-order chi connectivity index (χ0) is 5.78. The lowest BCUT2D eigenvalue weighted by molar-refractivity contribution is 0.153. The molecule has 0 unspecified atom stereocenters. The first kappa shape index (κ1) is 5.33. The van der Waals surface area contributed by atoms with Gasteiger partial charge in [-0.25, -0.2) is 0 Å². The van der Waals surface area contributed by atoms with Crippen molar-refractivity contribution in [2.24, 2.45) is 5.92 Å². The summed E-state index contributed by atoms with van der Waals surface area (Å²) in [6.45, 7) is 0.844. The van der Waals surface area contributed by atoms with Crippen LogP contribution in [0.3, 0.4) is 0 Å². The molecular formula is C5H6Cl2O. The standard InChI is InChI=1S/C5H6Cl2O/c6-5(7)3-1-2-8-4(3)5/h3-4H,1-2H2/t3-,4-/m1/s1. The third kappa shape index (κ3) is 0.476. The summed E-state index contributed by atoms with van der Waals surface area (Å²) in [4.78, 5) is 0. The fourth-order valence-corrected chi connectivity index (χ4v) is 2.00. The molecule has 1 saturated heterocycles. The highest BCUT2D eigenvalue weighted by molar-refractivity contribution is 6.51. The second kappa shape index (κ2) is 1.34. The zero-order valence-electron chi connectivity index (χ0n) is 4.23. The van der Waals surface area contributed by atoms with E-state index in [1.54, 1.807) is 0 Å². The van der Waals surface area contributed by atoms with Crippen molar-refractivity contribution in [2.75, 3.05) is 6.61 Å². The Hall–Kier alpha value is 0.540. The average Bonchev–Trinajstić information content (AvgIpc) is 2.22. The lowest BCUT2D eigenvalue weighted by atomic mass is 10.3. The highest BCUT2D eigenvalue weighted by Crippen LogP contribution is 2.60. The van der Waals surface area contributed by atoms with Gasteiger partial charge in [-0.15, -0.1) is 0 Å². The van der Waals surface area contributed by atoms with Crippen molar-refractivity contribution >= 4 is 23.2 Å². The first-order valence-electron chi connectivity index (χ1n) is 2.72. The third-order valence-electron chi connectivity index (χ3n) is 1.86. The van der Waals surface area contributed by atoms with Gasteiger partial charge < -0.3 is 4.74 Å². The number of halogens is 2. The van der Waals surface area contributed by atoms with E-state index in [4.69, 9.17) is 27.9 Å². The van der Waals surface area contributed by atoms with Gasteiger partial charge >= 0.3 is 0 Å². The molecule has 1 aliphatic heterocycles. The van der Waals surface area contributed by atoms with Crippen molar-refractivity contribution < 1.29 is 4.74 Å². The van der Waals surface area contributed by atoms with Crippen molar-refractivity contribution in [2.45, 2.75) is 16.9 Å². The van der Waals surface area contributed by atoms with Crippen molar-refractivity contribution in [1.29, 1.82) is 0 Å². The van der Waals surface area contributed by atoms with Gasteiger partial charge in [-0.05, 0) is 6.42 Å². The second-order valence-electron chi connectivity index (χ2n) is 2.36. The Kier molecular flexibility index (Phi) is 0.891. The SMILES string of the molecule is ClC1(Cl)[C@@H]2CCO[C@H]21. The van der Waals surface area contributed by atoms with E-state index in [-0.39, 0.29) is 6.10 Å². The largest absolute Gasteiger partial charge is 0.375 e. The van der Waals surface area contributed by atoms with Crippen molar-refractivity contribution in [3.05, 3.63) is 0 Å². The number of alkyl halides is 2. The van der Waals surface area contributed by atoms with Crippen LogP contribution in [0.5, 0.6) is 0 Å². The normalized spacial score (nSPS) is 48.8. The van der Waals surface area contributed by atoms with Crippen LogP contribution in [0.4, 0.5) is 0 Å². The van der Waals surface area contributed by atoms with Crippen LogP contribution < -0.4 is 0 Å². The summed E-state index contributed by atoms with van der Waals surface area (Å²) in [5, 5.41) is 0. The molecule has 1 aliphatic carbocycles. The van der Waals surface area contributed by atoms with Gasteiger partial charge in [-0.1, -0.05) is 23.2 Å². The molecule has 0 spiro atoms. The summed E-state index contributed by atoms with van der Waals surface area (Å²) in [5.41, 5.74) is 0. The minimum atomic E-state index is -0.516. The fraction of sp³-hybridized carbons (Fsp3) is 1.00. The van der Waals surface area contributed by atoms with Crippen molar-refractivity contribution in [3.63, 3.8) is 0 Å². The number of rotatable bonds is 0. The van der Waals surface area contributed by atoms with Gasteiger partial charge in [0.2, 0.25) is 0 Å². The molecule has 3 heteroatoms. The Labute approximate surface area is 57.9 Å². The molecule has 0 bridgehead atoms. The number of ether oxygens (including phenoxy) is 1. The Morgan fingerprint density at radius 2 is 2.25 bits per heavy atom. The maximum absolute atomic E-state index is 5.75. The topological polar surface area (TPSA) is 9.23 Å². The van der Waals surface area contributed by atoms with Crippen LogP contribution in [0.2, 0.25) is 0 Å². The van der Waals surface area contributed by atoms with E-state index in [2.05, 4.69) is 0 Å². The average molecular weight is 153 g/mol. The molecule has 2 atom stereocenters. The van der Waals surface area contributed by atoms with Gasteiger partial charge in [0, 0.05) is 12.5 Å². The number of fused-ring (bicyclic) bond motifs is 1. The number of hydrogen-bond acceptors (Lipinski definition) is 1. The molecule has 0 aromatic rings. The van der Waals surface area contributed by atoms with E-state index in [0.29, 0.717) is 5.92 Å². The van der Waals surface area contributed by atoms with Crippen LogP contribution in [0.15, 0.2) is 0 Å². The second-order valence-corrected chi connectivity index (χ2v) is 3.81. The number of hydrogen-bond donors (Lipinski definition) is 0. The van der Waals surface area contributed by atoms with Crippen LogP contribution in [-0.4, -0.2) is 17.0 Å². The molecule has 0 N–H and O–H groups in total. The molecule has 1 saturated carbocycles. The first-order chi connectivity index (χ1) is 3.73. The monoisotopic (exact) mass is 152 g/mol. The van der Waals surface area contributed by atoms with Crippen LogP contribution in [0, 0.1) is 5.92 Å². The molecule has 0 amide bonds. The summed E-state index contributed by atoms with van der Waals surface area (Å²) in [6.07, 6.45) is 1.20. The summed E-state index contributed by atoms with van der Waals surface area (Å²) in [7, 11) is 0. The lowest BCUT2D eigenvalue weighted by Gasteiger charge is -2.00. The summed E-state index contributed by atoms with van der Waals surface area (Å²) >= 11 is 11.5. The zero-order valence-corrected chi connectivity index (χ0v) is 5.74. The smallest absolute Gasteiger partial charge is 0.150 e. The van der Waals surface area contributed by atoms with Gasteiger partial charge in [-0.3, -0.25) is 0 Å². The fourth-order valence-electron chi connectivity index (χ4n) is 1.25. The minimum Gasteiger partial charge on any atom is -0.375 e. The van der Waals surface area contributed by atoms with Gasteiger partial charge in [0.1, 0.15) is 4.33 Å². The van der Waals surface area contributed by atoms with Crippen LogP contribution >= 0.6 is 23.2 Å². The lowest BCUT2D eigenvalue weighted by Crippen LogP contribution is -2.03. The minimum absolute atomic E-state index is 0.158. The maximum atomic E-state index is 5.75. The van der Waals surface area contributed by atoms with E-state index >= 15 is 0 Å². The predicted molar refractivity (Wildman–Crippen MR) is 32.3 cm³/mol. The molecule has 0 aromatic heterocycles. The molecule has 1 nitrogen and oxygen atoms in total. The Bertz CT molecular complexity index is 112. The Morgan fingerprint density at radius 1 is 1.50 bits per heavy atom. The van der Waals surface area contributed by atoms with Gasteiger partial charge in [-0.2, -0.15) is 0 Å². The molecule has 2 fully saturated rings. The molecule has 1 heterocycles. The van der Waals surface area contributed by atoms with Crippen LogP contribution in [0.25, 0.3) is 0 Å². The summed E-state index contributed by atoms with van der Waals surface area (Å²) < 4.78 is 4.66. The summed E-state index contributed by atoms with van der Waals surface area (Å²) in [5.74, 6) is 0.436. The molecule has 2 aliphatic rings. The van der Waals surface area contributed by atoms with Gasteiger partial charge in [0.25, 0.3) is 0 Å². The van der Waals surface area contributed by atoms with Gasteiger partial charge in [0.05, 0.1) is 6.10 Å². The molecule has 8 heavy (non-hydrogen) atoms. The first-order valence-corrected chi connectivity index (χ1v) is 3.48. The molecule has 46 valence electrons. The van der Waals surface area contributed by atoms with Gasteiger partial charge in [0.15, 0.2) is 0 Å². The van der Waals surface area contributed by atoms with Crippen LogP contribution in [0.1, 0.15) is 6.42 Å². The molecular weight excluding hydrogens is 147 g/mol. The van der Waals surface area contributed by atoms with Crippen molar-refractivity contribution in [3.8, 4) is 0 Å². The predicted octanol–water partition coefficient (Wildman–Crippen LogP) is 1.58. The maximum Gasteiger partial charge on any atom is 0.150 e. The molecule has 0 radical (unpaired) electrons. The molecule has 2 rings (SSSR count). The van der Waals surface area contributed by atoms with E-state index in [1.807, 2.05) is 0 Å². The van der Waals surface area contributed by atoms with Crippen molar-refractivity contribution in [1.82, 2.24) is 0 Å². The van der Waals surface area contributed by atoms with E-state index in [9.17, 15) is 0 Å². The van der Waals surface area contributed by atoms with E-state index < -0.39 is 4.33 Å². The van der Waals surface area contributed by atoms with Crippen LogP contribution in [-0.2, 0) is 4.74 Å². The Morgan fingerprint density at radius 3 is 2.50 bits per heavy atom. The Balaban J connectivity index is 2.13. The summed E-state index contributed by atoms with van der Waals surface area (Å²) in [6, 6.07) is 0. The third-order valence-corrected chi connectivity index (χ3v) is 2.85. The molecule has 0 aromatic carbocycles. The van der Waals surface area contributed by atoms with E-state index in [0.717, 1.165) is 13.0 Å². The highest BCUT2D eigenvalue weighted by Gasteiger charge is 2.66. The quantitative estimate of drug-likeness (QED) is 0.480.